The molecule has 0 aliphatic rings. The van der Waals surface area contributed by atoms with Crippen LogP contribution in [0.3, 0.4) is 0 Å². The van der Waals surface area contributed by atoms with Crippen LogP contribution in [0.15, 0.2) is 83.3 Å². The zero-order valence-corrected chi connectivity index (χ0v) is 16.7. The van der Waals surface area contributed by atoms with E-state index >= 15 is 0 Å². The van der Waals surface area contributed by atoms with E-state index in [0.29, 0.717) is 16.9 Å². The van der Waals surface area contributed by atoms with Crippen LogP contribution < -0.4 is 9.47 Å². The van der Waals surface area contributed by atoms with Gasteiger partial charge in [-0.25, -0.2) is 4.79 Å². The van der Waals surface area contributed by atoms with Gasteiger partial charge in [-0.3, -0.25) is 4.79 Å². The number of halogens is 1. The first-order valence-corrected chi connectivity index (χ1v) is 9.29. The number of ketones is 1. The van der Waals surface area contributed by atoms with Crippen LogP contribution in [-0.4, -0.2) is 18.9 Å². The van der Waals surface area contributed by atoms with Crippen LogP contribution in [-0.2, 0) is 0 Å². The number of esters is 1. The van der Waals surface area contributed by atoms with E-state index < -0.39 is 5.97 Å². The minimum Gasteiger partial charge on any atom is -0.497 e. The summed E-state index contributed by atoms with van der Waals surface area (Å²) in [5, 5.41) is 0. The summed E-state index contributed by atoms with van der Waals surface area (Å²) in [6.07, 6.45) is 3.23. The molecule has 140 valence electrons. The summed E-state index contributed by atoms with van der Waals surface area (Å²) in [7, 11) is 1.60. The van der Waals surface area contributed by atoms with Gasteiger partial charge >= 0.3 is 5.97 Å². The topological polar surface area (TPSA) is 52.6 Å². The summed E-state index contributed by atoms with van der Waals surface area (Å²) in [5.74, 6) is 0.505. The highest BCUT2D eigenvalue weighted by molar-refractivity contribution is 9.10. The number of benzene rings is 3. The normalized spacial score (nSPS) is 10.6. The molecule has 0 N–H and O–H groups in total. The van der Waals surface area contributed by atoms with Gasteiger partial charge in [0.25, 0.3) is 0 Å². The summed E-state index contributed by atoms with van der Waals surface area (Å²) in [4.78, 5) is 24.5. The highest BCUT2D eigenvalue weighted by atomic mass is 79.9. The molecular weight excluding hydrogens is 420 g/mol. The van der Waals surface area contributed by atoms with E-state index in [2.05, 4.69) is 15.9 Å². The molecule has 0 heterocycles. The van der Waals surface area contributed by atoms with Crippen LogP contribution in [0.5, 0.6) is 11.5 Å². The molecule has 0 amide bonds. The molecule has 0 spiro atoms. The van der Waals surface area contributed by atoms with Crippen molar-refractivity contribution in [1.29, 1.82) is 0 Å². The Balaban J connectivity index is 1.64. The van der Waals surface area contributed by atoms with Crippen LogP contribution in [0.2, 0.25) is 0 Å². The lowest BCUT2D eigenvalue weighted by atomic mass is 10.1. The van der Waals surface area contributed by atoms with E-state index in [9.17, 15) is 9.59 Å². The number of methoxy groups -OCH3 is 1. The van der Waals surface area contributed by atoms with Crippen LogP contribution in [0.25, 0.3) is 6.08 Å². The van der Waals surface area contributed by atoms with E-state index in [-0.39, 0.29) is 5.78 Å². The van der Waals surface area contributed by atoms with Gasteiger partial charge in [0.15, 0.2) is 5.78 Å². The number of ether oxygens (including phenoxy) is 2. The highest BCUT2D eigenvalue weighted by Gasteiger charge is 2.09. The van der Waals surface area contributed by atoms with Crippen molar-refractivity contribution < 1.29 is 19.1 Å². The Labute approximate surface area is 171 Å². The Hall–Kier alpha value is -3.18. The number of hydrogen-bond acceptors (Lipinski definition) is 4. The zero-order valence-electron chi connectivity index (χ0n) is 15.1. The molecule has 28 heavy (non-hydrogen) atoms. The summed E-state index contributed by atoms with van der Waals surface area (Å²) in [5.41, 5.74) is 1.82. The molecule has 0 aliphatic heterocycles. The molecule has 0 aliphatic carbocycles. The zero-order chi connectivity index (χ0) is 19.9. The van der Waals surface area contributed by atoms with Gasteiger partial charge in [0.05, 0.1) is 12.7 Å². The highest BCUT2D eigenvalue weighted by Crippen LogP contribution is 2.18. The second-order valence-electron chi connectivity index (χ2n) is 5.89. The number of carbonyl (C=O) groups is 2. The maximum absolute atomic E-state index is 12.3. The maximum Gasteiger partial charge on any atom is 0.343 e. The lowest BCUT2D eigenvalue weighted by Gasteiger charge is -2.05. The molecule has 4 nitrogen and oxygen atoms in total. The first kappa shape index (κ1) is 19.6. The third-order valence-corrected chi connectivity index (χ3v) is 4.48. The summed E-state index contributed by atoms with van der Waals surface area (Å²) < 4.78 is 11.4. The molecule has 3 aromatic rings. The first-order chi connectivity index (χ1) is 13.5. The standard InChI is InChI=1S/C23H17BrO4/c1-27-21-4-2-3-16(15-21)5-14-22(25)17-8-12-20(13-9-17)28-23(26)18-6-10-19(24)11-7-18/h2-15H,1H3/b14-5+. The lowest BCUT2D eigenvalue weighted by Crippen LogP contribution is -2.08. The molecule has 0 bridgehead atoms. The minimum absolute atomic E-state index is 0.145. The number of carbonyl (C=O) groups excluding carboxylic acids is 2. The molecule has 3 aromatic carbocycles. The van der Waals surface area contributed by atoms with Crippen molar-refractivity contribution in [3.8, 4) is 11.5 Å². The molecule has 5 heteroatoms. The van der Waals surface area contributed by atoms with Gasteiger partial charge in [-0.2, -0.15) is 0 Å². The van der Waals surface area contributed by atoms with Crippen molar-refractivity contribution in [3.63, 3.8) is 0 Å². The second kappa shape index (κ2) is 9.15. The average molecular weight is 437 g/mol. The van der Waals surface area contributed by atoms with Gasteiger partial charge in [0, 0.05) is 10.0 Å². The van der Waals surface area contributed by atoms with Crippen LogP contribution in [0, 0.1) is 0 Å². The van der Waals surface area contributed by atoms with Crippen LogP contribution >= 0.6 is 15.9 Å². The van der Waals surface area contributed by atoms with E-state index in [1.165, 1.54) is 6.08 Å². The number of allylic oxidation sites excluding steroid dienone is 1. The van der Waals surface area contributed by atoms with Gasteiger partial charge in [-0.15, -0.1) is 0 Å². The van der Waals surface area contributed by atoms with E-state index in [0.717, 1.165) is 15.8 Å². The van der Waals surface area contributed by atoms with Gasteiger partial charge in [-0.05, 0) is 72.3 Å². The minimum atomic E-state index is -0.454. The first-order valence-electron chi connectivity index (χ1n) is 8.49. The summed E-state index contributed by atoms with van der Waals surface area (Å²) >= 11 is 3.32. The Bertz CT molecular complexity index is 1010. The van der Waals surface area contributed by atoms with E-state index in [4.69, 9.17) is 9.47 Å². The maximum atomic E-state index is 12.3. The monoisotopic (exact) mass is 436 g/mol. The molecular formula is C23H17BrO4. The van der Waals surface area contributed by atoms with Gasteiger partial charge in [-0.1, -0.05) is 34.1 Å². The van der Waals surface area contributed by atoms with Gasteiger partial charge in [0.1, 0.15) is 11.5 Å². The van der Waals surface area contributed by atoms with Crippen molar-refractivity contribution in [2.75, 3.05) is 7.11 Å². The molecule has 0 saturated carbocycles. The Morgan fingerprint density at radius 2 is 1.54 bits per heavy atom. The molecule has 0 saturated heterocycles. The van der Waals surface area contributed by atoms with Crippen molar-refractivity contribution in [2.45, 2.75) is 0 Å². The fourth-order valence-electron chi connectivity index (χ4n) is 2.45. The molecule has 0 unspecified atom stereocenters. The molecule has 0 radical (unpaired) electrons. The van der Waals surface area contributed by atoms with Crippen LogP contribution in [0.4, 0.5) is 0 Å². The molecule has 3 rings (SSSR count). The predicted molar refractivity (Wildman–Crippen MR) is 112 cm³/mol. The van der Waals surface area contributed by atoms with Crippen molar-refractivity contribution in [3.05, 3.63) is 100 Å². The second-order valence-corrected chi connectivity index (χ2v) is 6.81. The van der Waals surface area contributed by atoms with Crippen molar-refractivity contribution in [1.82, 2.24) is 0 Å². The fraction of sp³-hybridized carbons (Fsp3) is 0.0435. The SMILES string of the molecule is COc1cccc(/C=C/C(=O)c2ccc(OC(=O)c3ccc(Br)cc3)cc2)c1. The molecule has 0 aromatic heterocycles. The van der Waals surface area contributed by atoms with Gasteiger partial charge in [0.2, 0.25) is 0 Å². The van der Waals surface area contributed by atoms with E-state index in [1.54, 1.807) is 61.7 Å². The Morgan fingerprint density at radius 3 is 2.21 bits per heavy atom. The Kier molecular flexibility index (Phi) is 6.40. The molecule has 0 atom stereocenters. The third kappa shape index (κ3) is 5.18. The van der Waals surface area contributed by atoms with Crippen molar-refractivity contribution >= 4 is 33.8 Å². The number of rotatable bonds is 6. The average Bonchev–Trinajstić information content (AvgIpc) is 2.73. The number of hydrogen-bond donors (Lipinski definition) is 0. The summed E-state index contributed by atoms with van der Waals surface area (Å²) in [6, 6.07) is 20.8. The Morgan fingerprint density at radius 1 is 0.857 bits per heavy atom. The fourth-order valence-corrected chi connectivity index (χ4v) is 2.72. The van der Waals surface area contributed by atoms with E-state index in [1.807, 2.05) is 24.3 Å². The molecule has 0 fully saturated rings. The smallest absolute Gasteiger partial charge is 0.343 e. The van der Waals surface area contributed by atoms with Crippen molar-refractivity contribution in [2.24, 2.45) is 0 Å². The third-order valence-electron chi connectivity index (χ3n) is 3.95. The summed E-state index contributed by atoms with van der Waals surface area (Å²) in [6.45, 7) is 0. The van der Waals surface area contributed by atoms with Crippen LogP contribution in [0.1, 0.15) is 26.3 Å². The predicted octanol–water partition coefficient (Wildman–Crippen LogP) is 5.57. The largest absolute Gasteiger partial charge is 0.497 e. The quantitative estimate of drug-likeness (QED) is 0.219. The lowest BCUT2D eigenvalue weighted by molar-refractivity contribution is 0.0734. The van der Waals surface area contributed by atoms with Gasteiger partial charge < -0.3 is 9.47 Å².